The average Bonchev–Trinajstić information content (AvgIpc) is 2.15. The third kappa shape index (κ3) is 2.70. The van der Waals surface area contributed by atoms with E-state index in [0.29, 0.717) is 5.92 Å². The van der Waals surface area contributed by atoms with Gasteiger partial charge in [-0.3, -0.25) is 0 Å². The molecule has 0 aliphatic heterocycles. The number of hydrogen-bond donors (Lipinski definition) is 0. The fraction of sp³-hybridized carbons (Fsp3) is 0.727. The Morgan fingerprint density at radius 2 is 2.00 bits per heavy atom. The normalized spacial score (nSPS) is 29.2. The number of rotatable bonds is 3. The molecule has 0 N–H and O–H groups in total. The molecular formula is C11H17N. The number of hydrogen-bond acceptors (Lipinski definition) is 1. The van der Waals surface area contributed by atoms with Gasteiger partial charge in [-0.1, -0.05) is 6.08 Å². The highest BCUT2D eigenvalue weighted by Gasteiger charge is 2.19. The molecule has 1 heteroatoms. The van der Waals surface area contributed by atoms with Gasteiger partial charge in [0.15, 0.2) is 0 Å². The fourth-order valence-electron chi connectivity index (χ4n) is 1.93. The summed E-state index contributed by atoms with van der Waals surface area (Å²) in [5, 5.41) is 8.69. The van der Waals surface area contributed by atoms with Crippen LogP contribution < -0.4 is 0 Å². The van der Waals surface area contributed by atoms with Crippen molar-refractivity contribution in [2.45, 2.75) is 38.5 Å². The molecule has 0 radical (unpaired) electrons. The van der Waals surface area contributed by atoms with Crippen molar-refractivity contribution in [2.75, 3.05) is 0 Å². The predicted molar refractivity (Wildman–Crippen MR) is 50.5 cm³/mol. The first-order chi connectivity index (χ1) is 5.86. The monoisotopic (exact) mass is 163 g/mol. The first-order valence-electron chi connectivity index (χ1n) is 4.87. The summed E-state index contributed by atoms with van der Waals surface area (Å²) < 4.78 is 0. The zero-order valence-electron chi connectivity index (χ0n) is 7.63. The van der Waals surface area contributed by atoms with E-state index in [4.69, 9.17) is 5.26 Å². The molecule has 1 rings (SSSR count). The maximum Gasteiger partial charge on any atom is 0.0655 e. The lowest BCUT2D eigenvalue weighted by Crippen LogP contribution is -2.12. The first kappa shape index (κ1) is 9.32. The van der Waals surface area contributed by atoms with Gasteiger partial charge in [0.2, 0.25) is 0 Å². The minimum atomic E-state index is 0.352. The largest absolute Gasteiger partial charge is 0.198 e. The standard InChI is InChI=1S/C11H17N/c1-2-3-4-10-5-7-11(9-12)8-6-10/h2,10-11H,1,3-8H2. The lowest BCUT2D eigenvalue weighted by molar-refractivity contribution is 0.301. The SMILES string of the molecule is C=CCCC1CCC(C#N)CC1. The highest BCUT2D eigenvalue weighted by Crippen LogP contribution is 2.30. The topological polar surface area (TPSA) is 23.8 Å². The van der Waals surface area contributed by atoms with Crippen molar-refractivity contribution in [1.29, 1.82) is 5.26 Å². The Morgan fingerprint density at radius 1 is 1.33 bits per heavy atom. The van der Waals surface area contributed by atoms with E-state index in [-0.39, 0.29) is 0 Å². The molecule has 0 atom stereocenters. The zero-order valence-corrected chi connectivity index (χ0v) is 7.63. The second kappa shape index (κ2) is 4.98. The van der Waals surface area contributed by atoms with Gasteiger partial charge in [0.25, 0.3) is 0 Å². The zero-order chi connectivity index (χ0) is 8.81. The van der Waals surface area contributed by atoms with Gasteiger partial charge in [-0.15, -0.1) is 6.58 Å². The fourth-order valence-corrected chi connectivity index (χ4v) is 1.93. The van der Waals surface area contributed by atoms with E-state index in [1.54, 1.807) is 0 Å². The Hall–Kier alpha value is -0.770. The maximum atomic E-state index is 8.69. The Balaban J connectivity index is 2.18. The van der Waals surface area contributed by atoms with E-state index in [9.17, 15) is 0 Å². The number of nitriles is 1. The molecule has 0 spiro atoms. The van der Waals surface area contributed by atoms with Crippen LogP contribution in [0.2, 0.25) is 0 Å². The van der Waals surface area contributed by atoms with Crippen molar-refractivity contribution in [3.8, 4) is 6.07 Å². The van der Waals surface area contributed by atoms with Gasteiger partial charge in [-0.25, -0.2) is 0 Å². The lowest BCUT2D eigenvalue weighted by Gasteiger charge is -2.24. The Morgan fingerprint density at radius 3 is 2.50 bits per heavy atom. The van der Waals surface area contributed by atoms with Gasteiger partial charge >= 0.3 is 0 Å². The molecule has 12 heavy (non-hydrogen) atoms. The Bertz CT molecular complexity index is 170. The molecule has 0 aromatic carbocycles. The summed E-state index contributed by atoms with van der Waals surface area (Å²) in [5.41, 5.74) is 0. The molecule has 1 nitrogen and oxygen atoms in total. The third-order valence-corrected chi connectivity index (χ3v) is 2.81. The average molecular weight is 163 g/mol. The van der Waals surface area contributed by atoms with E-state index in [2.05, 4.69) is 12.6 Å². The molecule has 66 valence electrons. The molecule has 0 aromatic rings. The van der Waals surface area contributed by atoms with Gasteiger partial charge < -0.3 is 0 Å². The summed E-state index contributed by atoms with van der Waals surface area (Å²) in [7, 11) is 0. The molecule has 0 saturated heterocycles. The lowest BCUT2D eigenvalue weighted by atomic mass is 9.81. The van der Waals surface area contributed by atoms with Crippen LogP contribution in [-0.4, -0.2) is 0 Å². The molecular weight excluding hydrogens is 146 g/mol. The first-order valence-corrected chi connectivity index (χ1v) is 4.87. The van der Waals surface area contributed by atoms with Crippen LogP contribution in [0.1, 0.15) is 38.5 Å². The van der Waals surface area contributed by atoms with Gasteiger partial charge in [0.1, 0.15) is 0 Å². The Kier molecular flexibility index (Phi) is 3.87. The highest BCUT2D eigenvalue weighted by atomic mass is 14.3. The van der Waals surface area contributed by atoms with Crippen molar-refractivity contribution >= 4 is 0 Å². The summed E-state index contributed by atoms with van der Waals surface area (Å²) in [6, 6.07) is 2.36. The molecule has 0 amide bonds. The van der Waals surface area contributed by atoms with Crippen LogP contribution in [-0.2, 0) is 0 Å². The second-order valence-corrected chi connectivity index (χ2v) is 3.71. The van der Waals surface area contributed by atoms with Crippen molar-refractivity contribution in [2.24, 2.45) is 11.8 Å². The molecule has 1 saturated carbocycles. The van der Waals surface area contributed by atoms with E-state index >= 15 is 0 Å². The van der Waals surface area contributed by atoms with Crippen LogP contribution in [0, 0.1) is 23.2 Å². The molecule has 1 aliphatic rings. The van der Waals surface area contributed by atoms with E-state index < -0.39 is 0 Å². The highest BCUT2D eigenvalue weighted by molar-refractivity contribution is 4.87. The van der Waals surface area contributed by atoms with Gasteiger partial charge in [-0.2, -0.15) is 5.26 Å². The summed E-state index contributed by atoms with van der Waals surface area (Å²) >= 11 is 0. The second-order valence-electron chi connectivity index (χ2n) is 3.71. The van der Waals surface area contributed by atoms with Gasteiger partial charge in [0, 0.05) is 5.92 Å². The molecule has 0 aromatic heterocycles. The predicted octanol–water partition coefficient (Wildman–Crippen LogP) is 3.28. The minimum Gasteiger partial charge on any atom is -0.198 e. The minimum absolute atomic E-state index is 0.352. The number of allylic oxidation sites excluding steroid dienone is 1. The quantitative estimate of drug-likeness (QED) is 0.586. The summed E-state index contributed by atoms with van der Waals surface area (Å²) in [4.78, 5) is 0. The molecule has 0 bridgehead atoms. The maximum absolute atomic E-state index is 8.69. The van der Waals surface area contributed by atoms with Gasteiger partial charge in [0.05, 0.1) is 6.07 Å². The molecule has 0 heterocycles. The third-order valence-electron chi connectivity index (χ3n) is 2.81. The van der Waals surface area contributed by atoms with Crippen LogP contribution in [0.25, 0.3) is 0 Å². The summed E-state index contributed by atoms with van der Waals surface area (Å²) in [6.45, 7) is 3.72. The molecule has 1 aliphatic carbocycles. The summed E-state index contributed by atoms with van der Waals surface area (Å²) in [6.07, 6.45) is 9.18. The van der Waals surface area contributed by atoms with Crippen molar-refractivity contribution in [3.63, 3.8) is 0 Å². The van der Waals surface area contributed by atoms with Crippen molar-refractivity contribution in [1.82, 2.24) is 0 Å². The molecule has 0 unspecified atom stereocenters. The van der Waals surface area contributed by atoms with E-state index in [1.165, 1.54) is 19.3 Å². The van der Waals surface area contributed by atoms with Gasteiger partial charge in [-0.05, 0) is 44.4 Å². The Labute approximate surface area is 75.1 Å². The van der Waals surface area contributed by atoms with Crippen LogP contribution in [0.4, 0.5) is 0 Å². The molecule has 1 fully saturated rings. The smallest absolute Gasteiger partial charge is 0.0655 e. The van der Waals surface area contributed by atoms with Crippen LogP contribution in [0.3, 0.4) is 0 Å². The van der Waals surface area contributed by atoms with Crippen molar-refractivity contribution in [3.05, 3.63) is 12.7 Å². The van der Waals surface area contributed by atoms with Crippen LogP contribution in [0.15, 0.2) is 12.7 Å². The van der Waals surface area contributed by atoms with E-state index in [0.717, 1.165) is 25.2 Å². The van der Waals surface area contributed by atoms with E-state index in [1.807, 2.05) is 6.08 Å². The van der Waals surface area contributed by atoms with Crippen LogP contribution in [0.5, 0.6) is 0 Å². The number of nitrogens with zero attached hydrogens (tertiary/aromatic N) is 1. The van der Waals surface area contributed by atoms with Crippen LogP contribution >= 0.6 is 0 Å². The summed E-state index contributed by atoms with van der Waals surface area (Å²) in [5.74, 6) is 1.22. The van der Waals surface area contributed by atoms with Crippen molar-refractivity contribution < 1.29 is 0 Å².